The molecule has 42 heavy (non-hydrogen) atoms. The summed E-state index contributed by atoms with van der Waals surface area (Å²) in [7, 11) is 0. The van der Waals surface area contributed by atoms with Gasteiger partial charge in [-0.05, 0) is 84.8 Å². The van der Waals surface area contributed by atoms with Crippen molar-refractivity contribution in [1.29, 1.82) is 0 Å². The van der Waals surface area contributed by atoms with E-state index in [2.05, 4.69) is 30.6 Å². The molecule has 1 aliphatic carbocycles. The number of nitrogens with zero attached hydrogens (tertiary/aromatic N) is 2. The predicted octanol–water partition coefficient (Wildman–Crippen LogP) is 7.13. The molecule has 4 aromatic rings. The molecule has 0 saturated heterocycles. The number of aromatic nitrogens is 2. The molecule has 0 atom stereocenters. The van der Waals surface area contributed by atoms with Crippen LogP contribution in [0.1, 0.15) is 30.4 Å². The predicted molar refractivity (Wildman–Crippen MR) is 155 cm³/mol. The Morgan fingerprint density at radius 1 is 1.00 bits per heavy atom. The van der Waals surface area contributed by atoms with Gasteiger partial charge in [-0.1, -0.05) is 24.3 Å². The zero-order chi connectivity index (χ0) is 29.3. The lowest BCUT2D eigenvalue weighted by atomic mass is 9.93. The number of anilines is 4. The number of carbonyl (C=O) groups excluding carboxylic acids is 1. The van der Waals surface area contributed by atoms with E-state index in [0.29, 0.717) is 47.8 Å². The lowest BCUT2D eigenvalue weighted by Gasteiger charge is -2.18. The van der Waals surface area contributed by atoms with Crippen molar-refractivity contribution in [3.63, 3.8) is 0 Å². The van der Waals surface area contributed by atoms with E-state index < -0.39 is 28.9 Å². The third-order valence-corrected chi connectivity index (χ3v) is 8.13. The lowest BCUT2D eigenvalue weighted by Crippen LogP contribution is -2.28. The van der Waals surface area contributed by atoms with Crippen molar-refractivity contribution >= 4 is 41.0 Å². The van der Waals surface area contributed by atoms with Crippen molar-refractivity contribution in [2.45, 2.75) is 35.7 Å². The molecule has 2 aliphatic rings. The molecule has 6 rings (SSSR count). The zero-order valence-corrected chi connectivity index (χ0v) is 23.0. The average molecular weight is 595 g/mol. The molecule has 0 spiro atoms. The van der Waals surface area contributed by atoms with Gasteiger partial charge in [-0.25, -0.2) is 9.37 Å². The Morgan fingerprint density at radius 2 is 1.81 bits per heavy atom. The maximum absolute atomic E-state index is 15.3. The topological polar surface area (TPSA) is 91.0 Å². The lowest BCUT2D eigenvalue weighted by molar-refractivity contribution is -0.137. The Balaban J connectivity index is 1.22. The minimum absolute atomic E-state index is 0.0162. The summed E-state index contributed by atoms with van der Waals surface area (Å²) in [5.74, 6) is -0.187. The van der Waals surface area contributed by atoms with Crippen LogP contribution < -0.4 is 20.7 Å². The van der Waals surface area contributed by atoms with Crippen molar-refractivity contribution in [3.05, 3.63) is 89.9 Å². The molecule has 1 aromatic heterocycles. The summed E-state index contributed by atoms with van der Waals surface area (Å²) < 4.78 is 57.6. The van der Waals surface area contributed by atoms with E-state index in [1.165, 1.54) is 24.3 Å². The molecule has 1 amide bonds. The van der Waals surface area contributed by atoms with Crippen molar-refractivity contribution < 1.29 is 22.4 Å². The van der Waals surface area contributed by atoms with Crippen LogP contribution in [0.3, 0.4) is 0 Å². The second-order valence-corrected chi connectivity index (χ2v) is 11.2. The number of rotatable bonds is 4. The van der Waals surface area contributed by atoms with Crippen molar-refractivity contribution in [3.8, 4) is 11.1 Å². The zero-order valence-electron chi connectivity index (χ0n) is 22.2. The van der Waals surface area contributed by atoms with Crippen LogP contribution in [0, 0.1) is 5.82 Å². The van der Waals surface area contributed by atoms with E-state index in [1.807, 2.05) is 24.3 Å². The second kappa shape index (κ2) is 11.3. The summed E-state index contributed by atoms with van der Waals surface area (Å²) in [6.07, 6.45) is -1.09. The van der Waals surface area contributed by atoms with Gasteiger partial charge in [0.2, 0.25) is 11.9 Å². The third kappa shape index (κ3) is 5.90. The van der Waals surface area contributed by atoms with Crippen LogP contribution in [0.5, 0.6) is 0 Å². The molecule has 4 N–H and O–H groups in total. The fourth-order valence-electron chi connectivity index (χ4n) is 4.83. The van der Waals surface area contributed by atoms with Crippen LogP contribution in [-0.2, 0) is 16.4 Å². The van der Waals surface area contributed by atoms with Gasteiger partial charge in [0, 0.05) is 35.4 Å². The summed E-state index contributed by atoms with van der Waals surface area (Å²) in [6.45, 7) is 1.39. The summed E-state index contributed by atoms with van der Waals surface area (Å²) in [4.78, 5) is 23.3. The standard InChI is InChI=1S/C30H26F4N6OS/c31-24-15-18(5-10-25(24)39-27(41)29(11-12-29)19-6-8-20(9-7-19)30(32,33)34)23-17-36-28-38-21-3-1-4-22(16-21)42-37-14-2-13-35-26(23)40-28/h1,3-10,15-17,37H,2,11-14H2,(H,39,41)(H2,35,36,38,40). The van der Waals surface area contributed by atoms with Gasteiger partial charge in [0.15, 0.2) is 0 Å². The van der Waals surface area contributed by atoms with Gasteiger partial charge in [-0.2, -0.15) is 18.2 Å². The number of halogens is 4. The molecular weight excluding hydrogens is 568 g/mol. The number of amides is 1. The van der Waals surface area contributed by atoms with Gasteiger partial charge in [0.25, 0.3) is 0 Å². The number of hydrogen-bond donors (Lipinski definition) is 4. The molecule has 0 radical (unpaired) electrons. The van der Waals surface area contributed by atoms with E-state index >= 15 is 4.39 Å². The highest BCUT2D eigenvalue weighted by molar-refractivity contribution is 7.97. The van der Waals surface area contributed by atoms with E-state index in [9.17, 15) is 18.0 Å². The number of carbonyl (C=O) groups is 1. The van der Waals surface area contributed by atoms with Crippen molar-refractivity contribution in [2.75, 3.05) is 29.0 Å². The quantitative estimate of drug-likeness (QED) is 0.148. The molecule has 3 aromatic carbocycles. The summed E-state index contributed by atoms with van der Waals surface area (Å²) in [5, 5.41) is 9.16. The highest BCUT2D eigenvalue weighted by atomic mass is 32.2. The van der Waals surface area contributed by atoms with Crippen LogP contribution >= 0.6 is 11.9 Å². The van der Waals surface area contributed by atoms with Gasteiger partial charge in [0.1, 0.15) is 11.6 Å². The Hall–Kier alpha value is -4.16. The van der Waals surface area contributed by atoms with Crippen LogP contribution in [0.25, 0.3) is 11.1 Å². The van der Waals surface area contributed by atoms with E-state index in [4.69, 9.17) is 0 Å². The molecule has 1 saturated carbocycles. The molecule has 216 valence electrons. The largest absolute Gasteiger partial charge is 0.416 e. The Morgan fingerprint density at radius 3 is 2.55 bits per heavy atom. The Bertz CT molecular complexity index is 1630. The van der Waals surface area contributed by atoms with Gasteiger partial charge < -0.3 is 16.0 Å². The highest BCUT2D eigenvalue weighted by Crippen LogP contribution is 2.49. The van der Waals surface area contributed by atoms with Crippen LogP contribution in [-0.4, -0.2) is 29.0 Å². The normalized spacial score (nSPS) is 16.1. The summed E-state index contributed by atoms with van der Waals surface area (Å²) >= 11 is 1.55. The Labute approximate surface area is 243 Å². The number of alkyl halides is 3. The van der Waals surface area contributed by atoms with Crippen molar-refractivity contribution in [2.24, 2.45) is 0 Å². The van der Waals surface area contributed by atoms with E-state index in [-0.39, 0.29) is 5.69 Å². The maximum atomic E-state index is 15.3. The highest BCUT2D eigenvalue weighted by Gasteiger charge is 2.51. The minimum atomic E-state index is -4.46. The SMILES string of the molecule is O=C(Nc1ccc(-c2cnc3nc2NCCCNSc2cccc(c2)N3)cc1F)C1(c2ccc(C(F)(F)F)cc2)CC1. The smallest absolute Gasteiger partial charge is 0.369 e. The molecular formula is C30H26F4N6OS. The number of hydrogen-bond acceptors (Lipinski definition) is 7. The van der Waals surface area contributed by atoms with Gasteiger partial charge in [-0.15, -0.1) is 0 Å². The van der Waals surface area contributed by atoms with Gasteiger partial charge in [0.05, 0.1) is 16.7 Å². The average Bonchev–Trinajstić information content (AvgIpc) is 3.78. The molecule has 2 heterocycles. The number of benzene rings is 3. The molecule has 0 unspecified atom stereocenters. The Kier molecular flexibility index (Phi) is 7.50. The molecule has 7 nitrogen and oxygen atoms in total. The van der Waals surface area contributed by atoms with Gasteiger partial charge in [-0.3, -0.25) is 9.52 Å². The fourth-order valence-corrected chi connectivity index (χ4v) is 5.58. The number of nitrogens with one attached hydrogen (secondary N) is 4. The van der Waals surface area contributed by atoms with E-state index in [0.717, 1.165) is 35.7 Å². The summed E-state index contributed by atoms with van der Waals surface area (Å²) in [6, 6.07) is 16.9. The fraction of sp³-hybridized carbons (Fsp3) is 0.233. The second-order valence-electron chi connectivity index (χ2n) is 10.2. The minimum Gasteiger partial charge on any atom is -0.369 e. The van der Waals surface area contributed by atoms with Crippen LogP contribution in [0.15, 0.2) is 77.8 Å². The molecule has 1 fully saturated rings. The van der Waals surface area contributed by atoms with Crippen molar-refractivity contribution in [1.82, 2.24) is 14.7 Å². The molecule has 12 heteroatoms. The molecule has 1 aliphatic heterocycles. The first kappa shape index (κ1) is 28.0. The number of fused-ring (bicyclic) bond motifs is 4. The van der Waals surface area contributed by atoms with E-state index in [1.54, 1.807) is 24.2 Å². The first-order valence-corrected chi connectivity index (χ1v) is 14.2. The monoisotopic (exact) mass is 594 g/mol. The third-order valence-electron chi connectivity index (χ3n) is 7.29. The first-order chi connectivity index (χ1) is 20.2. The van der Waals surface area contributed by atoms with Gasteiger partial charge >= 0.3 is 6.18 Å². The molecule has 4 bridgehead atoms. The van der Waals surface area contributed by atoms with Crippen LogP contribution in [0.4, 0.5) is 40.7 Å². The first-order valence-electron chi connectivity index (χ1n) is 13.4. The maximum Gasteiger partial charge on any atom is 0.416 e. The summed E-state index contributed by atoms with van der Waals surface area (Å²) in [5.41, 5.74) is 0.636. The van der Waals surface area contributed by atoms with Crippen LogP contribution in [0.2, 0.25) is 0 Å².